The standard InChI is InChI=1S/C29H37F2N3O3/c1-14-8-9-19(12-33-37-13-23(30)31)21-10-20-11-22-27(34(6)7)28(35)26(18(5)32)17(4)29(22,36)16(3)25(20)15(2)24(14)21/h8-9,20,22-23,27,33,35-36H,2,4-5,10-13,32H2,1,3,6-7H3/t20-,22-,27+,29-/m0/s1. The SMILES string of the molecule is C=C(N)C1=C(O)[C@H](N(C)C)[C@@H]2C[C@@H]3Cc4c(CNOCC(F)F)ccc(C)c4C(=C)C3=C(C)[C@]2(O)C1=C. The molecule has 0 radical (unpaired) electrons. The zero-order chi connectivity index (χ0) is 27.4. The fraction of sp³-hybridized carbons (Fsp3) is 0.448. The Hall–Kier alpha value is -2.78. The summed E-state index contributed by atoms with van der Waals surface area (Å²) in [5.41, 5.74) is 14.8. The lowest BCUT2D eigenvalue weighted by atomic mass is 9.55. The van der Waals surface area contributed by atoms with E-state index in [2.05, 4.69) is 25.2 Å². The minimum Gasteiger partial charge on any atom is -0.510 e. The molecule has 6 nitrogen and oxygen atoms in total. The lowest BCUT2D eigenvalue weighted by Crippen LogP contribution is -2.58. The third-order valence-electron chi connectivity index (χ3n) is 8.29. The number of hydrogen-bond donors (Lipinski definition) is 4. The van der Waals surface area contributed by atoms with Crippen LogP contribution in [0.4, 0.5) is 8.78 Å². The number of alkyl halides is 2. The topological polar surface area (TPSA) is 91.0 Å². The molecule has 0 spiro atoms. The second-order valence-electron chi connectivity index (χ2n) is 10.6. The number of nitrogens with zero attached hydrogens (tertiary/aromatic N) is 1. The first-order valence-electron chi connectivity index (χ1n) is 12.4. The predicted octanol–water partition coefficient (Wildman–Crippen LogP) is 4.32. The summed E-state index contributed by atoms with van der Waals surface area (Å²) in [5, 5.41) is 23.6. The predicted molar refractivity (Wildman–Crippen MR) is 142 cm³/mol. The highest BCUT2D eigenvalue weighted by Crippen LogP contribution is 2.57. The number of likely N-dealkylation sites (N-methyl/N-ethyl adjacent to an activating group) is 1. The molecule has 200 valence electrons. The van der Waals surface area contributed by atoms with E-state index in [4.69, 9.17) is 10.6 Å². The maximum Gasteiger partial charge on any atom is 0.263 e. The molecule has 0 aromatic heterocycles. The van der Waals surface area contributed by atoms with Crippen molar-refractivity contribution in [2.45, 2.75) is 51.3 Å². The Bertz CT molecular complexity index is 1230. The van der Waals surface area contributed by atoms with Gasteiger partial charge in [0.15, 0.2) is 0 Å². The summed E-state index contributed by atoms with van der Waals surface area (Å²) in [6, 6.07) is 3.49. The fourth-order valence-electron chi connectivity index (χ4n) is 6.76. The average molecular weight is 514 g/mol. The first-order valence-corrected chi connectivity index (χ1v) is 12.4. The van der Waals surface area contributed by atoms with Gasteiger partial charge in [-0.1, -0.05) is 31.9 Å². The number of halogens is 2. The highest BCUT2D eigenvalue weighted by Gasteiger charge is 2.57. The van der Waals surface area contributed by atoms with Crippen LogP contribution in [0.5, 0.6) is 0 Å². The maximum atomic E-state index is 12.5. The van der Waals surface area contributed by atoms with Gasteiger partial charge < -0.3 is 15.9 Å². The summed E-state index contributed by atoms with van der Waals surface area (Å²) < 4.78 is 25.0. The fourth-order valence-corrected chi connectivity index (χ4v) is 6.76. The van der Waals surface area contributed by atoms with E-state index in [0.717, 1.165) is 39.0 Å². The van der Waals surface area contributed by atoms with Crippen LogP contribution < -0.4 is 11.2 Å². The molecule has 0 saturated carbocycles. The Morgan fingerprint density at radius 2 is 1.97 bits per heavy atom. The number of aliphatic hydroxyl groups excluding tert-OH is 1. The van der Waals surface area contributed by atoms with Crippen LogP contribution in [0.25, 0.3) is 5.57 Å². The summed E-state index contributed by atoms with van der Waals surface area (Å²) >= 11 is 0. The van der Waals surface area contributed by atoms with Gasteiger partial charge in [0.05, 0.1) is 6.04 Å². The average Bonchev–Trinajstić information content (AvgIpc) is 2.79. The summed E-state index contributed by atoms with van der Waals surface area (Å²) in [7, 11) is 3.73. The van der Waals surface area contributed by atoms with E-state index >= 15 is 0 Å². The molecule has 4 atom stereocenters. The zero-order valence-corrected chi connectivity index (χ0v) is 22.0. The zero-order valence-electron chi connectivity index (χ0n) is 22.0. The number of aliphatic hydroxyl groups is 2. The molecule has 0 heterocycles. The summed E-state index contributed by atoms with van der Waals surface area (Å²) in [4.78, 5) is 6.81. The number of rotatable bonds is 7. The summed E-state index contributed by atoms with van der Waals surface area (Å²) in [6.07, 6.45) is -1.27. The summed E-state index contributed by atoms with van der Waals surface area (Å²) in [5.74, 6) is -0.263. The van der Waals surface area contributed by atoms with Gasteiger partial charge in [0.25, 0.3) is 6.43 Å². The van der Waals surface area contributed by atoms with E-state index in [1.807, 2.05) is 45.0 Å². The monoisotopic (exact) mass is 513 g/mol. The second-order valence-corrected chi connectivity index (χ2v) is 10.6. The van der Waals surface area contributed by atoms with Crippen molar-refractivity contribution in [1.29, 1.82) is 0 Å². The third-order valence-corrected chi connectivity index (χ3v) is 8.29. The largest absolute Gasteiger partial charge is 0.510 e. The van der Waals surface area contributed by atoms with E-state index in [1.54, 1.807) is 0 Å². The van der Waals surface area contributed by atoms with Crippen LogP contribution in [-0.4, -0.2) is 53.9 Å². The van der Waals surface area contributed by atoms with Crippen LogP contribution in [-0.2, 0) is 17.8 Å². The van der Waals surface area contributed by atoms with Crippen molar-refractivity contribution < 1.29 is 23.8 Å². The maximum absolute atomic E-state index is 12.5. The van der Waals surface area contributed by atoms with Crippen LogP contribution in [0.15, 0.2) is 65.6 Å². The highest BCUT2D eigenvalue weighted by atomic mass is 19.3. The molecule has 4 rings (SSSR count). The number of hydroxylamine groups is 1. The number of allylic oxidation sites excluding steroid dienone is 3. The molecule has 3 aliphatic carbocycles. The van der Waals surface area contributed by atoms with Crippen molar-refractivity contribution in [3.63, 3.8) is 0 Å². The van der Waals surface area contributed by atoms with Gasteiger partial charge in [0.2, 0.25) is 0 Å². The van der Waals surface area contributed by atoms with Gasteiger partial charge in [-0.15, -0.1) is 0 Å². The molecule has 0 unspecified atom stereocenters. The quantitative estimate of drug-likeness (QED) is 0.321. The molecule has 0 aliphatic heterocycles. The Labute approximate surface area is 217 Å². The van der Waals surface area contributed by atoms with Gasteiger partial charge >= 0.3 is 0 Å². The Morgan fingerprint density at radius 3 is 2.57 bits per heavy atom. The molecule has 0 fully saturated rings. The third kappa shape index (κ3) is 4.26. The van der Waals surface area contributed by atoms with Crippen LogP contribution in [0.2, 0.25) is 0 Å². The van der Waals surface area contributed by atoms with E-state index in [-0.39, 0.29) is 29.8 Å². The first kappa shape index (κ1) is 27.3. The van der Waals surface area contributed by atoms with E-state index < -0.39 is 24.7 Å². The van der Waals surface area contributed by atoms with E-state index in [9.17, 15) is 19.0 Å². The van der Waals surface area contributed by atoms with Crippen LogP contribution >= 0.6 is 0 Å². The lowest BCUT2D eigenvalue weighted by Gasteiger charge is -2.54. The molecule has 0 bridgehead atoms. The minimum absolute atomic E-state index is 0.0403. The second kappa shape index (κ2) is 9.83. The number of fused-ring (bicyclic) bond motifs is 3. The lowest BCUT2D eigenvalue weighted by molar-refractivity contribution is -0.0362. The molecule has 3 aliphatic rings. The van der Waals surface area contributed by atoms with Crippen LogP contribution in [0.1, 0.15) is 35.6 Å². The van der Waals surface area contributed by atoms with Gasteiger partial charge in [-0.2, -0.15) is 5.48 Å². The molecular weight excluding hydrogens is 476 g/mol. The number of nitrogens with two attached hydrogens (primary N) is 1. The smallest absolute Gasteiger partial charge is 0.263 e. The first-order chi connectivity index (χ1) is 17.3. The van der Waals surface area contributed by atoms with Crippen LogP contribution in [0.3, 0.4) is 0 Å². The molecule has 8 heteroatoms. The minimum atomic E-state index is -2.55. The highest BCUT2D eigenvalue weighted by molar-refractivity contribution is 5.86. The molecule has 0 saturated heterocycles. The van der Waals surface area contributed by atoms with Crippen molar-refractivity contribution >= 4 is 5.57 Å². The van der Waals surface area contributed by atoms with E-state index in [1.165, 1.54) is 0 Å². The Balaban J connectivity index is 1.82. The van der Waals surface area contributed by atoms with Gasteiger partial charge in [-0.3, -0.25) is 9.74 Å². The van der Waals surface area contributed by atoms with Gasteiger partial charge in [-0.05, 0) is 91.2 Å². The van der Waals surface area contributed by atoms with Crippen molar-refractivity contribution in [2.24, 2.45) is 17.6 Å². The van der Waals surface area contributed by atoms with Gasteiger partial charge in [0, 0.05) is 23.7 Å². The van der Waals surface area contributed by atoms with Crippen molar-refractivity contribution in [3.8, 4) is 0 Å². The van der Waals surface area contributed by atoms with Crippen molar-refractivity contribution in [1.82, 2.24) is 10.4 Å². The molecule has 5 N–H and O–H groups in total. The van der Waals surface area contributed by atoms with Gasteiger partial charge in [-0.25, -0.2) is 8.78 Å². The van der Waals surface area contributed by atoms with E-state index in [0.29, 0.717) is 24.0 Å². The molecule has 1 aromatic rings. The normalized spacial score (nSPS) is 27.5. The number of hydrogen-bond acceptors (Lipinski definition) is 6. The number of aryl methyl sites for hydroxylation is 1. The molecule has 1 aromatic carbocycles. The Kier molecular flexibility index (Phi) is 7.25. The van der Waals surface area contributed by atoms with Crippen molar-refractivity contribution in [2.75, 3.05) is 20.7 Å². The van der Waals surface area contributed by atoms with Crippen LogP contribution in [0, 0.1) is 18.8 Å². The van der Waals surface area contributed by atoms with Gasteiger partial charge in [0.1, 0.15) is 18.0 Å². The number of nitrogens with one attached hydrogen (secondary N) is 1. The van der Waals surface area contributed by atoms with Crippen molar-refractivity contribution in [3.05, 3.63) is 87.9 Å². The Morgan fingerprint density at radius 1 is 1.30 bits per heavy atom. The molecular formula is C29H37F2N3O3. The molecule has 37 heavy (non-hydrogen) atoms. The summed E-state index contributed by atoms with van der Waals surface area (Å²) in [6.45, 7) is 16.0. The molecule has 0 amide bonds. The number of benzene rings is 1.